The predicted molar refractivity (Wildman–Crippen MR) is 140 cm³/mol. The molecule has 0 atom stereocenters. The average Bonchev–Trinajstić information content (AvgIpc) is 3.61. The van der Waals surface area contributed by atoms with E-state index >= 15 is 0 Å². The lowest BCUT2D eigenvalue weighted by Gasteiger charge is -2.09. The Morgan fingerprint density at radius 3 is 2.54 bits per heavy atom. The number of nitrogens with zero attached hydrogens (tertiary/aromatic N) is 7. The summed E-state index contributed by atoms with van der Waals surface area (Å²) in [5, 5.41) is 19.0. The molecule has 37 heavy (non-hydrogen) atoms. The van der Waals surface area contributed by atoms with Gasteiger partial charge < -0.3 is 0 Å². The number of unbranched alkanes of at least 4 members (excludes halogenated alkanes) is 2. The Labute approximate surface area is 215 Å². The quantitative estimate of drug-likeness (QED) is 0.209. The molecule has 0 unspecified atom stereocenters. The van der Waals surface area contributed by atoms with E-state index in [2.05, 4.69) is 42.6 Å². The Hall–Kier alpha value is -4.53. The maximum Gasteiger partial charge on any atom is 0.217 e. The van der Waals surface area contributed by atoms with Crippen molar-refractivity contribution in [3.8, 4) is 22.6 Å². The number of aromatic amines is 1. The van der Waals surface area contributed by atoms with Crippen molar-refractivity contribution < 1.29 is 4.79 Å². The normalized spacial score (nSPS) is 11.1. The first-order valence-electron chi connectivity index (χ1n) is 12.5. The molecule has 0 aliphatic rings. The number of Topliss-reactive ketones (excluding diaryl/α,β-unsaturated/α-hetero) is 1. The third-order valence-electron chi connectivity index (χ3n) is 6.16. The molecule has 0 fully saturated rings. The van der Waals surface area contributed by atoms with Crippen LogP contribution in [0, 0.1) is 0 Å². The third kappa shape index (κ3) is 5.83. The molecule has 0 aliphatic heterocycles. The number of aromatic nitrogens is 8. The average molecular weight is 493 g/mol. The van der Waals surface area contributed by atoms with Crippen LogP contribution in [0.15, 0.2) is 72.9 Å². The van der Waals surface area contributed by atoms with Crippen LogP contribution in [0.25, 0.3) is 22.6 Å². The molecule has 5 rings (SSSR count). The molecule has 0 saturated heterocycles. The van der Waals surface area contributed by atoms with Crippen molar-refractivity contribution in [2.24, 2.45) is 0 Å². The highest BCUT2D eigenvalue weighted by molar-refractivity contribution is 5.94. The van der Waals surface area contributed by atoms with Gasteiger partial charge in [-0.05, 0) is 34.9 Å². The fraction of sp³-hybridized carbons (Fsp3) is 0.250. The minimum Gasteiger partial charge on any atom is -0.290 e. The minimum absolute atomic E-state index is 0.0683. The molecule has 2 aromatic carbocycles. The topological polar surface area (TPSA) is 115 Å². The Morgan fingerprint density at radius 2 is 1.78 bits per heavy atom. The zero-order chi connectivity index (χ0) is 25.5. The Kier molecular flexibility index (Phi) is 7.50. The number of hydrogen-bond donors (Lipinski definition) is 1. The second-order valence-electron chi connectivity index (χ2n) is 8.88. The number of ketones is 1. The molecule has 0 aliphatic carbocycles. The molecule has 5 aromatic rings. The summed E-state index contributed by atoms with van der Waals surface area (Å²) in [6, 6.07) is 21.6. The second-order valence-corrected chi connectivity index (χ2v) is 8.88. The van der Waals surface area contributed by atoms with Crippen molar-refractivity contribution in [1.29, 1.82) is 0 Å². The lowest BCUT2D eigenvalue weighted by atomic mass is 10.0. The maximum absolute atomic E-state index is 12.9. The zero-order valence-electron chi connectivity index (χ0n) is 20.7. The van der Waals surface area contributed by atoms with Crippen LogP contribution in [0.2, 0.25) is 0 Å². The highest BCUT2D eigenvalue weighted by atomic mass is 16.1. The van der Waals surface area contributed by atoms with Crippen LogP contribution in [0.4, 0.5) is 0 Å². The Bertz CT molecular complexity index is 1440. The molecule has 0 radical (unpaired) electrons. The van der Waals surface area contributed by atoms with Crippen molar-refractivity contribution in [3.63, 3.8) is 0 Å². The van der Waals surface area contributed by atoms with Crippen molar-refractivity contribution in [2.45, 2.75) is 45.6 Å². The number of tetrazole rings is 1. The standard InChI is InChI=1S/C28H28N8O/c1-2-3-5-12-25-30-28(24(37)18-20-9-6-4-7-10-20)33-36(25)19-21-13-15-22(16-14-21)26-23(11-8-17-29-26)27-31-34-35-32-27/h4,6-11,13-17H,2-3,5,12,18-19H2,1H3,(H,31,32,34,35). The molecule has 0 spiro atoms. The first kappa shape index (κ1) is 24.2. The Balaban J connectivity index is 1.37. The maximum atomic E-state index is 12.9. The van der Waals surface area contributed by atoms with E-state index in [9.17, 15) is 4.79 Å². The smallest absolute Gasteiger partial charge is 0.217 e. The largest absolute Gasteiger partial charge is 0.290 e. The molecule has 0 saturated carbocycles. The second kappa shape index (κ2) is 11.5. The van der Waals surface area contributed by atoms with Gasteiger partial charge in [0, 0.05) is 30.2 Å². The summed E-state index contributed by atoms with van der Waals surface area (Å²) < 4.78 is 1.87. The van der Waals surface area contributed by atoms with Gasteiger partial charge in [-0.3, -0.25) is 9.78 Å². The van der Waals surface area contributed by atoms with Crippen LogP contribution in [0.3, 0.4) is 0 Å². The highest BCUT2D eigenvalue weighted by Crippen LogP contribution is 2.27. The molecule has 9 heteroatoms. The number of benzene rings is 2. The van der Waals surface area contributed by atoms with Gasteiger partial charge in [-0.25, -0.2) is 9.67 Å². The predicted octanol–water partition coefficient (Wildman–Crippen LogP) is 4.73. The van der Waals surface area contributed by atoms with Gasteiger partial charge in [-0.2, -0.15) is 5.21 Å². The molecule has 0 bridgehead atoms. The monoisotopic (exact) mass is 492 g/mol. The van der Waals surface area contributed by atoms with E-state index in [-0.39, 0.29) is 11.6 Å². The summed E-state index contributed by atoms with van der Waals surface area (Å²) in [5.41, 5.74) is 4.56. The van der Waals surface area contributed by atoms with E-state index in [0.29, 0.717) is 18.8 Å². The first-order valence-corrected chi connectivity index (χ1v) is 12.5. The van der Waals surface area contributed by atoms with E-state index in [1.54, 1.807) is 6.20 Å². The minimum atomic E-state index is -0.0683. The van der Waals surface area contributed by atoms with Gasteiger partial charge in [0.1, 0.15) is 5.82 Å². The molecular formula is C28H28N8O. The molecule has 3 heterocycles. The van der Waals surface area contributed by atoms with Crippen molar-refractivity contribution in [3.05, 3.63) is 95.7 Å². The summed E-state index contributed by atoms with van der Waals surface area (Å²) >= 11 is 0. The van der Waals surface area contributed by atoms with Crippen LogP contribution in [0.1, 0.15) is 53.8 Å². The summed E-state index contributed by atoms with van der Waals surface area (Å²) in [4.78, 5) is 22.1. The van der Waals surface area contributed by atoms with Gasteiger partial charge in [-0.1, -0.05) is 74.4 Å². The number of carbonyl (C=O) groups is 1. The van der Waals surface area contributed by atoms with Gasteiger partial charge >= 0.3 is 0 Å². The van der Waals surface area contributed by atoms with Gasteiger partial charge in [0.2, 0.25) is 17.4 Å². The molecule has 1 N–H and O–H groups in total. The molecular weight excluding hydrogens is 464 g/mol. The fourth-order valence-corrected chi connectivity index (χ4v) is 4.23. The molecule has 0 amide bonds. The molecule has 3 aromatic heterocycles. The lowest BCUT2D eigenvalue weighted by Crippen LogP contribution is -2.09. The summed E-state index contributed by atoms with van der Waals surface area (Å²) in [7, 11) is 0. The lowest BCUT2D eigenvalue weighted by molar-refractivity contribution is 0.0982. The van der Waals surface area contributed by atoms with Gasteiger partial charge in [-0.15, -0.1) is 15.3 Å². The van der Waals surface area contributed by atoms with Crippen LogP contribution in [-0.4, -0.2) is 46.2 Å². The van der Waals surface area contributed by atoms with Crippen LogP contribution < -0.4 is 0 Å². The summed E-state index contributed by atoms with van der Waals surface area (Å²) in [5.74, 6) is 1.56. The van der Waals surface area contributed by atoms with Crippen LogP contribution in [0.5, 0.6) is 0 Å². The summed E-state index contributed by atoms with van der Waals surface area (Å²) in [6.45, 7) is 2.71. The van der Waals surface area contributed by atoms with Crippen molar-refractivity contribution in [1.82, 2.24) is 40.4 Å². The molecule has 9 nitrogen and oxygen atoms in total. The van der Waals surface area contributed by atoms with E-state index in [0.717, 1.165) is 59.5 Å². The number of aryl methyl sites for hydroxylation is 1. The van der Waals surface area contributed by atoms with Crippen molar-refractivity contribution >= 4 is 5.78 Å². The number of pyridine rings is 1. The fourth-order valence-electron chi connectivity index (χ4n) is 4.23. The molecule has 186 valence electrons. The number of carbonyl (C=O) groups excluding carboxylic acids is 1. The van der Waals surface area contributed by atoms with E-state index in [1.165, 1.54) is 0 Å². The third-order valence-corrected chi connectivity index (χ3v) is 6.16. The van der Waals surface area contributed by atoms with E-state index in [4.69, 9.17) is 0 Å². The van der Waals surface area contributed by atoms with Crippen LogP contribution >= 0.6 is 0 Å². The van der Waals surface area contributed by atoms with Gasteiger partial charge in [0.25, 0.3) is 0 Å². The summed E-state index contributed by atoms with van der Waals surface area (Å²) in [6.07, 6.45) is 6.08. The number of rotatable bonds is 11. The number of nitrogens with one attached hydrogen (secondary N) is 1. The van der Waals surface area contributed by atoms with E-state index in [1.807, 2.05) is 71.4 Å². The SMILES string of the molecule is CCCCCc1nc(C(=O)Cc2ccccc2)nn1Cc1ccc(-c2ncccc2-c2nn[nH]n2)cc1. The first-order chi connectivity index (χ1) is 18.2. The van der Waals surface area contributed by atoms with E-state index < -0.39 is 0 Å². The van der Waals surface area contributed by atoms with Crippen molar-refractivity contribution in [2.75, 3.05) is 0 Å². The zero-order valence-corrected chi connectivity index (χ0v) is 20.7. The number of hydrogen-bond acceptors (Lipinski definition) is 7. The van der Waals surface area contributed by atoms with Gasteiger partial charge in [0.15, 0.2) is 0 Å². The Morgan fingerprint density at radius 1 is 0.946 bits per heavy atom. The highest BCUT2D eigenvalue weighted by Gasteiger charge is 2.17. The van der Waals surface area contributed by atoms with Gasteiger partial charge in [0.05, 0.1) is 12.2 Å². The van der Waals surface area contributed by atoms with Crippen LogP contribution in [-0.2, 0) is 19.4 Å². The number of H-pyrrole nitrogens is 1.